The summed E-state index contributed by atoms with van der Waals surface area (Å²) in [5.41, 5.74) is 5.39. The van der Waals surface area contributed by atoms with Gasteiger partial charge >= 0.3 is 0 Å². The smallest absolute Gasteiger partial charge is 0.237 e. The molecular weight excluding hydrogens is 250 g/mol. The van der Waals surface area contributed by atoms with E-state index in [9.17, 15) is 4.79 Å². The van der Waals surface area contributed by atoms with E-state index in [-0.39, 0.29) is 11.4 Å². The third-order valence-electron chi connectivity index (χ3n) is 5.28. The quantitative estimate of drug-likeness (QED) is 0.753. The zero-order valence-corrected chi connectivity index (χ0v) is 14.0. The van der Waals surface area contributed by atoms with E-state index >= 15 is 0 Å². The van der Waals surface area contributed by atoms with Gasteiger partial charge in [-0.3, -0.25) is 9.69 Å². The van der Waals surface area contributed by atoms with E-state index in [4.69, 9.17) is 5.73 Å². The molecule has 4 heteroatoms. The second kappa shape index (κ2) is 6.90. The van der Waals surface area contributed by atoms with Crippen molar-refractivity contribution >= 4 is 5.91 Å². The minimum atomic E-state index is -0.503. The van der Waals surface area contributed by atoms with Gasteiger partial charge in [0.1, 0.15) is 0 Å². The molecule has 4 nitrogen and oxygen atoms in total. The standard InChI is InChI=1S/C16H33N3O/c1-6-11-18-16(14(17)20)10-8-9-13(12-16)19(5)15(3,4)7-2/h13,18H,6-12H2,1-5H3,(H2,17,20). The number of hydrogen-bond acceptors (Lipinski definition) is 3. The summed E-state index contributed by atoms with van der Waals surface area (Å²) in [7, 11) is 2.19. The van der Waals surface area contributed by atoms with Crippen LogP contribution >= 0.6 is 0 Å². The number of nitrogens with one attached hydrogen (secondary N) is 1. The van der Waals surface area contributed by atoms with E-state index in [2.05, 4.69) is 45.0 Å². The fourth-order valence-corrected chi connectivity index (χ4v) is 3.16. The lowest BCUT2D eigenvalue weighted by Crippen LogP contribution is -2.62. The van der Waals surface area contributed by atoms with Crippen LogP contribution in [0.1, 0.15) is 66.2 Å². The molecule has 0 radical (unpaired) electrons. The Morgan fingerprint density at radius 2 is 2.10 bits per heavy atom. The molecule has 0 spiro atoms. The summed E-state index contributed by atoms with van der Waals surface area (Å²) in [5, 5.41) is 3.44. The minimum Gasteiger partial charge on any atom is -0.368 e. The third kappa shape index (κ3) is 3.73. The van der Waals surface area contributed by atoms with Crippen molar-refractivity contribution in [2.75, 3.05) is 13.6 Å². The van der Waals surface area contributed by atoms with Crippen molar-refractivity contribution in [3.05, 3.63) is 0 Å². The predicted octanol–water partition coefficient (Wildman–Crippen LogP) is 2.27. The zero-order valence-electron chi connectivity index (χ0n) is 14.0. The Morgan fingerprint density at radius 3 is 2.60 bits per heavy atom. The molecule has 0 heterocycles. The predicted molar refractivity (Wildman–Crippen MR) is 84.6 cm³/mol. The van der Waals surface area contributed by atoms with Crippen LogP contribution in [-0.2, 0) is 4.79 Å². The van der Waals surface area contributed by atoms with Crippen LogP contribution in [0.5, 0.6) is 0 Å². The maximum absolute atomic E-state index is 12.0. The monoisotopic (exact) mass is 283 g/mol. The van der Waals surface area contributed by atoms with Gasteiger partial charge in [-0.2, -0.15) is 0 Å². The average Bonchev–Trinajstić information content (AvgIpc) is 2.44. The first kappa shape index (κ1) is 17.4. The highest BCUT2D eigenvalue weighted by atomic mass is 16.1. The third-order valence-corrected chi connectivity index (χ3v) is 5.28. The van der Waals surface area contributed by atoms with Crippen LogP contribution in [0.3, 0.4) is 0 Å². The Kier molecular flexibility index (Phi) is 6.02. The van der Waals surface area contributed by atoms with E-state index in [1.54, 1.807) is 0 Å². The fourth-order valence-electron chi connectivity index (χ4n) is 3.16. The Morgan fingerprint density at radius 1 is 1.45 bits per heavy atom. The number of carbonyl (C=O) groups excluding carboxylic acids is 1. The van der Waals surface area contributed by atoms with Crippen LogP contribution in [0.25, 0.3) is 0 Å². The number of nitrogens with two attached hydrogens (primary N) is 1. The molecule has 1 amide bonds. The molecule has 2 unspecified atom stereocenters. The molecule has 2 atom stereocenters. The Labute approximate surface area is 124 Å². The molecule has 3 N–H and O–H groups in total. The van der Waals surface area contributed by atoms with E-state index in [0.29, 0.717) is 6.04 Å². The lowest BCUT2D eigenvalue weighted by molar-refractivity contribution is -0.127. The highest BCUT2D eigenvalue weighted by molar-refractivity contribution is 5.84. The van der Waals surface area contributed by atoms with Gasteiger partial charge in [-0.15, -0.1) is 0 Å². The molecule has 0 aromatic rings. The summed E-state index contributed by atoms with van der Waals surface area (Å²) in [6.07, 6.45) is 6.06. The largest absolute Gasteiger partial charge is 0.368 e. The summed E-state index contributed by atoms with van der Waals surface area (Å²) in [5.74, 6) is -0.182. The number of hydrogen-bond donors (Lipinski definition) is 2. The van der Waals surface area contributed by atoms with Gasteiger partial charge in [0, 0.05) is 11.6 Å². The van der Waals surface area contributed by atoms with Gasteiger partial charge in [0.25, 0.3) is 0 Å². The second-order valence-corrected chi connectivity index (χ2v) is 6.90. The zero-order chi connectivity index (χ0) is 15.4. The maximum Gasteiger partial charge on any atom is 0.237 e. The highest BCUT2D eigenvalue weighted by Gasteiger charge is 2.43. The van der Waals surface area contributed by atoms with Crippen molar-refractivity contribution in [3.8, 4) is 0 Å². The lowest BCUT2D eigenvalue weighted by Gasteiger charge is -2.47. The van der Waals surface area contributed by atoms with Crippen LogP contribution in [0.15, 0.2) is 0 Å². The molecule has 0 saturated heterocycles. The van der Waals surface area contributed by atoms with Gasteiger partial charge < -0.3 is 11.1 Å². The van der Waals surface area contributed by atoms with Gasteiger partial charge in [-0.05, 0) is 66.0 Å². The van der Waals surface area contributed by atoms with Crippen molar-refractivity contribution in [3.63, 3.8) is 0 Å². The molecule has 118 valence electrons. The van der Waals surface area contributed by atoms with Crippen LogP contribution < -0.4 is 11.1 Å². The summed E-state index contributed by atoms with van der Waals surface area (Å²) in [6, 6.07) is 0.426. The molecule has 0 aliphatic heterocycles. The molecule has 0 bridgehead atoms. The average molecular weight is 283 g/mol. The van der Waals surface area contributed by atoms with E-state index < -0.39 is 5.54 Å². The normalized spacial score (nSPS) is 27.8. The summed E-state index contributed by atoms with van der Waals surface area (Å²) in [6.45, 7) is 9.74. The Bertz CT molecular complexity index is 330. The topological polar surface area (TPSA) is 58.4 Å². The van der Waals surface area contributed by atoms with Crippen molar-refractivity contribution < 1.29 is 4.79 Å². The first-order chi connectivity index (χ1) is 9.29. The molecular formula is C16H33N3O. The molecule has 1 aliphatic rings. The van der Waals surface area contributed by atoms with Crippen LogP contribution in [0, 0.1) is 0 Å². The van der Waals surface area contributed by atoms with Gasteiger partial charge in [0.2, 0.25) is 5.91 Å². The Hall–Kier alpha value is -0.610. The molecule has 20 heavy (non-hydrogen) atoms. The molecule has 1 fully saturated rings. The van der Waals surface area contributed by atoms with Crippen molar-refractivity contribution in [2.24, 2.45) is 5.73 Å². The molecule has 1 saturated carbocycles. The molecule has 1 aliphatic carbocycles. The van der Waals surface area contributed by atoms with Crippen molar-refractivity contribution in [1.29, 1.82) is 0 Å². The van der Waals surface area contributed by atoms with Gasteiger partial charge in [-0.25, -0.2) is 0 Å². The van der Waals surface area contributed by atoms with Crippen LogP contribution in [0.2, 0.25) is 0 Å². The fraction of sp³-hybridized carbons (Fsp3) is 0.938. The number of amides is 1. The van der Waals surface area contributed by atoms with Gasteiger partial charge in [0.05, 0.1) is 5.54 Å². The van der Waals surface area contributed by atoms with Crippen molar-refractivity contribution in [2.45, 2.75) is 83.3 Å². The molecule has 0 aromatic heterocycles. The Balaban J connectivity index is 2.84. The second-order valence-electron chi connectivity index (χ2n) is 6.90. The number of nitrogens with zero attached hydrogens (tertiary/aromatic N) is 1. The van der Waals surface area contributed by atoms with Crippen LogP contribution in [-0.4, -0.2) is 41.5 Å². The molecule has 1 rings (SSSR count). The maximum atomic E-state index is 12.0. The number of primary amides is 1. The van der Waals surface area contributed by atoms with E-state index in [1.165, 1.54) is 0 Å². The highest BCUT2D eigenvalue weighted by Crippen LogP contribution is 2.34. The van der Waals surface area contributed by atoms with E-state index in [1.807, 2.05) is 0 Å². The van der Waals surface area contributed by atoms with Crippen molar-refractivity contribution in [1.82, 2.24) is 10.2 Å². The molecule has 0 aromatic carbocycles. The first-order valence-electron chi connectivity index (χ1n) is 8.07. The summed E-state index contributed by atoms with van der Waals surface area (Å²) >= 11 is 0. The summed E-state index contributed by atoms with van der Waals surface area (Å²) < 4.78 is 0. The lowest BCUT2D eigenvalue weighted by atomic mass is 9.76. The van der Waals surface area contributed by atoms with Crippen LogP contribution in [0.4, 0.5) is 0 Å². The number of carbonyl (C=O) groups is 1. The first-order valence-corrected chi connectivity index (χ1v) is 8.07. The number of rotatable bonds is 7. The minimum absolute atomic E-state index is 0.163. The van der Waals surface area contributed by atoms with E-state index in [0.717, 1.165) is 45.1 Å². The summed E-state index contributed by atoms with van der Waals surface area (Å²) in [4.78, 5) is 14.5. The SMILES string of the molecule is CCCNC1(C(N)=O)CCCC(N(C)C(C)(C)CC)C1. The van der Waals surface area contributed by atoms with Gasteiger partial charge in [0.15, 0.2) is 0 Å². The van der Waals surface area contributed by atoms with Gasteiger partial charge in [-0.1, -0.05) is 13.8 Å².